The molecule has 0 saturated carbocycles. The van der Waals surface area contributed by atoms with Crippen LogP contribution in [0, 0.1) is 0 Å². The van der Waals surface area contributed by atoms with Crippen LogP contribution in [-0.4, -0.2) is 24.3 Å². The Hall–Kier alpha value is -3.48. The Morgan fingerprint density at radius 2 is 2.00 bits per heavy atom. The molecule has 0 unspecified atom stereocenters. The van der Waals surface area contributed by atoms with Crippen molar-refractivity contribution in [3.63, 3.8) is 0 Å². The van der Waals surface area contributed by atoms with Crippen molar-refractivity contribution in [1.82, 2.24) is 5.16 Å². The first-order chi connectivity index (χ1) is 13.3. The fourth-order valence-electron chi connectivity index (χ4n) is 2.56. The van der Waals surface area contributed by atoms with Gasteiger partial charge < -0.3 is 23.2 Å². The van der Waals surface area contributed by atoms with Crippen molar-refractivity contribution in [3.8, 4) is 23.0 Å². The average molecular weight is 367 g/mol. The fourth-order valence-corrected chi connectivity index (χ4v) is 2.56. The summed E-state index contributed by atoms with van der Waals surface area (Å²) in [5.41, 5.74) is 1.32. The number of aromatic nitrogens is 1. The fraction of sp³-hybridized carbons (Fsp3) is 0.200. The molecule has 1 aliphatic rings. The zero-order valence-corrected chi connectivity index (χ0v) is 14.4. The molecule has 2 aromatic heterocycles. The summed E-state index contributed by atoms with van der Waals surface area (Å²) >= 11 is 0. The quantitative estimate of drug-likeness (QED) is 0.500. The monoisotopic (exact) mass is 367 g/mol. The summed E-state index contributed by atoms with van der Waals surface area (Å²) in [6.45, 7) is 1.26. The van der Waals surface area contributed by atoms with Gasteiger partial charge in [-0.25, -0.2) is 4.79 Å². The summed E-state index contributed by atoms with van der Waals surface area (Å²) in [6.07, 6.45) is 5.40. The van der Waals surface area contributed by atoms with Crippen LogP contribution in [0.4, 0.5) is 0 Å². The molecule has 0 bridgehead atoms. The van der Waals surface area contributed by atoms with Gasteiger partial charge >= 0.3 is 5.97 Å². The minimum Gasteiger partial charge on any atom is -0.490 e. The van der Waals surface area contributed by atoms with Crippen LogP contribution in [0.2, 0.25) is 0 Å². The lowest BCUT2D eigenvalue weighted by atomic mass is 10.2. The highest BCUT2D eigenvalue weighted by atomic mass is 16.5. The van der Waals surface area contributed by atoms with Crippen molar-refractivity contribution < 1.29 is 27.9 Å². The van der Waals surface area contributed by atoms with E-state index in [2.05, 4.69) is 5.16 Å². The lowest BCUT2D eigenvalue weighted by molar-refractivity contribution is -0.139. The van der Waals surface area contributed by atoms with E-state index < -0.39 is 5.97 Å². The Morgan fingerprint density at radius 1 is 1.11 bits per heavy atom. The second-order valence-corrected chi connectivity index (χ2v) is 5.86. The predicted molar refractivity (Wildman–Crippen MR) is 95.1 cm³/mol. The van der Waals surface area contributed by atoms with E-state index in [1.807, 2.05) is 18.2 Å². The van der Waals surface area contributed by atoms with Gasteiger partial charge in [-0.15, -0.1) is 0 Å². The summed E-state index contributed by atoms with van der Waals surface area (Å²) in [6, 6.07) is 10.7. The number of hydrogen-bond acceptors (Lipinski definition) is 7. The van der Waals surface area contributed by atoms with Gasteiger partial charge in [-0.2, -0.15) is 0 Å². The van der Waals surface area contributed by atoms with Crippen molar-refractivity contribution in [2.75, 3.05) is 13.2 Å². The SMILES string of the molecule is O=C(/C=C/c1ccc2c(c1)OCCCO2)OCc1cc(-c2ccco2)on1. The summed E-state index contributed by atoms with van der Waals surface area (Å²) in [5.74, 6) is 1.95. The Labute approximate surface area is 155 Å². The zero-order valence-electron chi connectivity index (χ0n) is 14.4. The second kappa shape index (κ2) is 7.82. The Kier molecular flexibility index (Phi) is 4.91. The molecule has 1 aromatic carbocycles. The first kappa shape index (κ1) is 17.0. The van der Waals surface area contributed by atoms with Crippen molar-refractivity contribution in [2.24, 2.45) is 0 Å². The minimum absolute atomic E-state index is 0.00845. The minimum atomic E-state index is -0.482. The number of benzene rings is 1. The highest BCUT2D eigenvalue weighted by Crippen LogP contribution is 2.30. The molecular weight excluding hydrogens is 350 g/mol. The molecular formula is C20H17NO6. The first-order valence-corrected chi connectivity index (χ1v) is 8.52. The molecule has 0 N–H and O–H groups in total. The first-order valence-electron chi connectivity index (χ1n) is 8.52. The average Bonchev–Trinajstić information content (AvgIpc) is 3.32. The maximum Gasteiger partial charge on any atom is 0.331 e. The Bertz CT molecular complexity index is 941. The van der Waals surface area contributed by atoms with E-state index in [-0.39, 0.29) is 6.61 Å². The lowest BCUT2D eigenvalue weighted by Gasteiger charge is -2.07. The van der Waals surface area contributed by atoms with E-state index >= 15 is 0 Å². The number of fused-ring (bicyclic) bond motifs is 1. The third-order valence-corrected chi connectivity index (χ3v) is 3.87. The molecule has 0 radical (unpaired) electrons. The molecule has 0 saturated heterocycles. The molecule has 4 rings (SSSR count). The molecule has 0 atom stereocenters. The molecule has 27 heavy (non-hydrogen) atoms. The Morgan fingerprint density at radius 3 is 2.85 bits per heavy atom. The molecule has 0 aliphatic carbocycles. The van der Waals surface area contributed by atoms with Gasteiger partial charge in [0.05, 0.1) is 19.5 Å². The zero-order chi connectivity index (χ0) is 18.5. The van der Waals surface area contributed by atoms with E-state index in [0.717, 1.165) is 12.0 Å². The Balaban J connectivity index is 1.33. The van der Waals surface area contributed by atoms with Crippen LogP contribution >= 0.6 is 0 Å². The molecule has 0 spiro atoms. The molecule has 7 nitrogen and oxygen atoms in total. The van der Waals surface area contributed by atoms with E-state index in [4.69, 9.17) is 23.2 Å². The van der Waals surface area contributed by atoms with Gasteiger partial charge in [-0.05, 0) is 35.9 Å². The third-order valence-electron chi connectivity index (χ3n) is 3.87. The van der Waals surface area contributed by atoms with E-state index in [9.17, 15) is 4.79 Å². The van der Waals surface area contributed by atoms with Crippen molar-refractivity contribution in [2.45, 2.75) is 13.0 Å². The predicted octanol–water partition coefficient (Wildman–Crippen LogP) is 3.85. The molecule has 138 valence electrons. The number of ether oxygens (including phenoxy) is 3. The van der Waals surface area contributed by atoms with Crippen LogP contribution in [0.15, 0.2) is 57.7 Å². The van der Waals surface area contributed by atoms with Crippen LogP contribution in [0.1, 0.15) is 17.7 Å². The van der Waals surface area contributed by atoms with Gasteiger partial charge in [0.1, 0.15) is 12.3 Å². The van der Waals surface area contributed by atoms with E-state index in [1.165, 1.54) is 6.08 Å². The molecule has 0 amide bonds. The van der Waals surface area contributed by atoms with Gasteiger partial charge in [0, 0.05) is 18.6 Å². The molecule has 3 heterocycles. The summed E-state index contributed by atoms with van der Waals surface area (Å²) in [4.78, 5) is 11.9. The van der Waals surface area contributed by atoms with Gasteiger partial charge in [-0.1, -0.05) is 11.2 Å². The normalized spacial score (nSPS) is 13.5. The van der Waals surface area contributed by atoms with Crippen LogP contribution in [0.5, 0.6) is 11.5 Å². The maximum absolute atomic E-state index is 11.9. The highest BCUT2D eigenvalue weighted by Gasteiger charge is 2.11. The number of carbonyl (C=O) groups excluding carboxylic acids is 1. The van der Waals surface area contributed by atoms with Crippen LogP contribution in [0.25, 0.3) is 17.6 Å². The second-order valence-electron chi connectivity index (χ2n) is 5.86. The summed E-state index contributed by atoms with van der Waals surface area (Å²) in [5, 5.41) is 3.85. The van der Waals surface area contributed by atoms with Gasteiger partial charge in [-0.3, -0.25) is 0 Å². The molecule has 7 heteroatoms. The van der Waals surface area contributed by atoms with Gasteiger partial charge in [0.2, 0.25) is 5.76 Å². The van der Waals surface area contributed by atoms with Crippen LogP contribution < -0.4 is 9.47 Å². The van der Waals surface area contributed by atoms with Gasteiger partial charge in [0.15, 0.2) is 17.3 Å². The smallest absolute Gasteiger partial charge is 0.331 e. The van der Waals surface area contributed by atoms with Crippen molar-refractivity contribution in [3.05, 3.63) is 60.0 Å². The van der Waals surface area contributed by atoms with Crippen LogP contribution in [0.3, 0.4) is 0 Å². The van der Waals surface area contributed by atoms with Crippen molar-refractivity contribution >= 4 is 12.0 Å². The molecule has 1 aliphatic heterocycles. The summed E-state index contributed by atoms with van der Waals surface area (Å²) in [7, 11) is 0. The van der Waals surface area contributed by atoms with Crippen molar-refractivity contribution in [1.29, 1.82) is 0 Å². The van der Waals surface area contributed by atoms with Crippen LogP contribution in [-0.2, 0) is 16.1 Å². The number of rotatable bonds is 5. The standard InChI is InChI=1S/C20H17NO6/c22-20(26-13-15-12-19(27-21-15)16-3-1-8-23-16)7-5-14-4-6-17-18(11-14)25-10-2-9-24-17/h1,3-8,11-12H,2,9-10,13H2/b7-5+. The maximum atomic E-state index is 11.9. The number of esters is 1. The number of furan rings is 1. The lowest BCUT2D eigenvalue weighted by Crippen LogP contribution is -2.00. The molecule has 3 aromatic rings. The largest absolute Gasteiger partial charge is 0.490 e. The number of carbonyl (C=O) groups is 1. The third kappa shape index (κ3) is 4.20. The highest BCUT2D eigenvalue weighted by molar-refractivity contribution is 5.87. The van der Waals surface area contributed by atoms with Gasteiger partial charge in [0.25, 0.3) is 0 Å². The summed E-state index contributed by atoms with van der Waals surface area (Å²) < 4.78 is 26.8. The van der Waals surface area contributed by atoms with E-state index in [0.29, 0.717) is 41.9 Å². The number of hydrogen-bond donors (Lipinski definition) is 0. The number of nitrogens with zero attached hydrogens (tertiary/aromatic N) is 1. The topological polar surface area (TPSA) is 83.9 Å². The van der Waals surface area contributed by atoms with E-state index in [1.54, 1.807) is 30.5 Å². The molecule has 0 fully saturated rings.